The maximum absolute atomic E-state index is 6.75. The van der Waals surface area contributed by atoms with Crippen LogP contribution in [0.1, 0.15) is 22.3 Å². The molecule has 0 fully saturated rings. The maximum atomic E-state index is 6.75. The molecule has 0 saturated carbocycles. The van der Waals surface area contributed by atoms with Crippen LogP contribution in [0.25, 0.3) is 89.1 Å². The maximum Gasteiger partial charge on any atom is 0.164 e. The van der Waals surface area contributed by atoms with Crippen LogP contribution < -0.4 is 4.74 Å². The summed E-state index contributed by atoms with van der Waals surface area (Å²) >= 11 is 0. The van der Waals surface area contributed by atoms with Crippen molar-refractivity contribution in [2.75, 3.05) is 0 Å². The molecule has 0 radical (unpaired) electrons. The molecule has 1 aliphatic carbocycles. The average Bonchev–Trinajstić information content (AvgIpc) is 3.66. The van der Waals surface area contributed by atoms with Gasteiger partial charge >= 0.3 is 0 Å². The lowest BCUT2D eigenvalue weighted by Gasteiger charge is -2.39. The molecule has 1 aromatic heterocycles. The molecule has 10 aromatic carbocycles. The highest BCUT2D eigenvalue weighted by Gasteiger charge is 2.52. The van der Waals surface area contributed by atoms with Crippen molar-refractivity contribution < 1.29 is 4.74 Å². The first-order valence-electron chi connectivity index (χ1n) is 21.8. The van der Waals surface area contributed by atoms with E-state index < -0.39 is 5.41 Å². The molecule has 1 spiro atoms. The summed E-state index contributed by atoms with van der Waals surface area (Å²) in [7, 11) is 0. The lowest BCUT2D eigenvalue weighted by atomic mass is 9.66. The number of fused-ring (bicyclic) bond motifs is 12. The van der Waals surface area contributed by atoms with Gasteiger partial charge in [-0.25, -0.2) is 15.0 Å². The molecule has 0 amide bonds. The molecule has 11 aromatic rings. The zero-order chi connectivity index (χ0) is 42.2. The fourth-order valence-electron chi connectivity index (χ4n) is 10.3. The lowest BCUT2D eigenvalue weighted by Crippen LogP contribution is -2.32. The van der Waals surface area contributed by atoms with Gasteiger partial charge in [0.2, 0.25) is 0 Å². The Morgan fingerprint density at radius 2 is 0.828 bits per heavy atom. The number of rotatable bonds is 5. The number of para-hydroxylation sites is 2. The topological polar surface area (TPSA) is 47.9 Å². The highest BCUT2D eigenvalue weighted by molar-refractivity contribution is 6.09. The highest BCUT2D eigenvalue weighted by Crippen LogP contribution is 2.63. The molecule has 0 bridgehead atoms. The average molecular weight is 816 g/mol. The normalized spacial score (nSPS) is 12.9. The van der Waals surface area contributed by atoms with E-state index >= 15 is 0 Å². The van der Waals surface area contributed by atoms with Crippen LogP contribution in [0.15, 0.2) is 224 Å². The number of nitrogens with zero attached hydrogens (tertiary/aromatic N) is 3. The van der Waals surface area contributed by atoms with Crippen molar-refractivity contribution in [3.63, 3.8) is 0 Å². The summed E-state index contributed by atoms with van der Waals surface area (Å²) in [5, 5.41) is 4.96. The first-order valence-corrected chi connectivity index (χ1v) is 21.8. The predicted molar refractivity (Wildman–Crippen MR) is 259 cm³/mol. The molecular weight excluding hydrogens is 779 g/mol. The second kappa shape index (κ2) is 14.3. The third-order valence-corrected chi connectivity index (χ3v) is 13.2. The standard InChI is InChI=1S/C60H37N3O/c1-3-15-38(16-4-1)42-20-13-21-45(35-42)58-61-57(41-18-5-2-6-19-41)62-59(63-58)48-23-14-26-52-56(48)47-34-33-44(43-32-31-40-30-29-39-17-7-8-22-46(39)49(40)36-43)37-53(47)60(52)50-24-9-11-27-54(50)64-55-28-12-10-25-51(55)60/h1-37H. The number of hydrogen-bond donors (Lipinski definition) is 0. The Balaban J connectivity index is 1.08. The minimum Gasteiger partial charge on any atom is -0.457 e. The molecule has 4 heteroatoms. The van der Waals surface area contributed by atoms with Crippen LogP contribution in [0.5, 0.6) is 11.5 Å². The summed E-state index contributed by atoms with van der Waals surface area (Å²) in [6, 6.07) is 79.8. The SMILES string of the molecule is c1ccc(-c2cccc(-c3nc(-c4ccccc4)nc(-c4cccc5c4-c4ccc(-c6ccc7ccc8ccccc8c7c6)cc4C54c5ccccc5Oc5ccccc54)n3)c2)cc1. The molecule has 0 atom stereocenters. The van der Waals surface area contributed by atoms with E-state index in [9.17, 15) is 0 Å². The summed E-state index contributed by atoms with van der Waals surface area (Å²) in [6.07, 6.45) is 0. The van der Waals surface area contributed by atoms with Crippen molar-refractivity contribution >= 4 is 21.5 Å². The summed E-state index contributed by atoms with van der Waals surface area (Å²) in [6.45, 7) is 0. The van der Waals surface area contributed by atoms with Gasteiger partial charge < -0.3 is 4.74 Å². The first kappa shape index (κ1) is 36.2. The quantitative estimate of drug-likeness (QED) is 0.162. The van der Waals surface area contributed by atoms with Crippen LogP contribution in [0, 0.1) is 0 Å². The van der Waals surface area contributed by atoms with E-state index in [0.717, 1.165) is 67.1 Å². The number of hydrogen-bond acceptors (Lipinski definition) is 4. The predicted octanol–water partition coefficient (Wildman–Crippen LogP) is 15.0. The molecule has 0 unspecified atom stereocenters. The van der Waals surface area contributed by atoms with Gasteiger partial charge in [-0.05, 0) is 96.4 Å². The van der Waals surface area contributed by atoms with Crippen LogP contribution in [0.3, 0.4) is 0 Å². The molecule has 2 heterocycles. The highest BCUT2D eigenvalue weighted by atomic mass is 16.5. The van der Waals surface area contributed by atoms with Crippen LogP contribution >= 0.6 is 0 Å². The van der Waals surface area contributed by atoms with Crippen LogP contribution in [-0.4, -0.2) is 15.0 Å². The van der Waals surface area contributed by atoms with Gasteiger partial charge in [-0.2, -0.15) is 0 Å². The third-order valence-electron chi connectivity index (χ3n) is 13.2. The molecule has 4 nitrogen and oxygen atoms in total. The van der Waals surface area contributed by atoms with Crippen LogP contribution in [0.2, 0.25) is 0 Å². The zero-order valence-corrected chi connectivity index (χ0v) is 34.6. The van der Waals surface area contributed by atoms with Gasteiger partial charge in [0.25, 0.3) is 0 Å². The van der Waals surface area contributed by atoms with E-state index in [4.69, 9.17) is 19.7 Å². The Bertz CT molecular complexity index is 3610. The van der Waals surface area contributed by atoms with Crippen LogP contribution in [-0.2, 0) is 5.41 Å². The van der Waals surface area contributed by atoms with Crippen molar-refractivity contribution in [1.82, 2.24) is 15.0 Å². The molecule has 1 aliphatic heterocycles. The van der Waals surface area contributed by atoms with Gasteiger partial charge in [0.1, 0.15) is 11.5 Å². The molecule has 64 heavy (non-hydrogen) atoms. The Kier molecular flexibility index (Phi) is 8.09. The molecule has 0 N–H and O–H groups in total. The third kappa shape index (κ3) is 5.52. The first-order chi connectivity index (χ1) is 31.7. The number of benzene rings is 10. The summed E-state index contributed by atoms with van der Waals surface area (Å²) in [5.41, 5.74) is 13.5. The van der Waals surface area contributed by atoms with Crippen molar-refractivity contribution in [3.05, 3.63) is 247 Å². The fraction of sp³-hybridized carbons (Fsp3) is 0.0167. The van der Waals surface area contributed by atoms with Gasteiger partial charge in [-0.15, -0.1) is 0 Å². The molecular formula is C60H37N3O. The van der Waals surface area contributed by atoms with E-state index in [2.05, 4.69) is 200 Å². The Morgan fingerprint density at radius 3 is 1.61 bits per heavy atom. The Morgan fingerprint density at radius 1 is 0.297 bits per heavy atom. The second-order valence-electron chi connectivity index (χ2n) is 16.7. The second-order valence-corrected chi connectivity index (χ2v) is 16.7. The number of aromatic nitrogens is 3. The van der Waals surface area contributed by atoms with Crippen molar-refractivity contribution in [1.29, 1.82) is 0 Å². The van der Waals surface area contributed by atoms with E-state index in [1.165, 1.54) is 38.2 Å². The lowest BCUT2D eigenvalue weighted by molar-refractivity contribution is 0.436. The Labute approximate surface area is 370 Å². The van der Waals surface area contributed by atoms with Crippen molar-refractivity contribution in [2.24, 2.45) is 0 Å². The van der Waals surface area contributed by atoms with Gasteiger partial charge in [-0.3, -0.25) is 0 Å². The summed E-state index contributed by atoms with van der Waals surface area (Å²) in [5.74, 6) is 3.55. The molecule has 2 aliphatic rings. The minimum atomic E-state index is -0.701. The van der Waals surface area contributed by atoms with Gasteiger partial charge in [0, 0.05) is 27.8 Å². The molecule has 13 rings (SSSR count). The molecule has 298 valence electrons. The monoisotopic (exact) mass is 815 g/mol. The largest absolute Gasteiger partial charge is 0.457 e. The van der Waals surface area contributed by atoms with E-state index in [1.807, 2.05) is 24.3 Å². The molecule has 0 saturated heterocycles. The van der Waals surface area contributed by atoms with Crippen LogP contribution in [0.4, 0.5) is 0 Å². The summed E-state index contributed by atoms with van der Waals surface area (Å²) < 4.78 is 6.75. The van der Waals surface area contributed by atoms with E-state index in [-0.39, 0.29) is 0 Å². The van der Waals surface area contributed by atoms with Gasteiger partial charge in [0.05, 0.1) is 5.41 Å². The smallest absolute Gasteiger partial charge is 0.164 e. The van der Waals surface area contributed by atoms with Crippen molar-refractivity contribution in [3.8, 4) is 79.0 Å². The Hall–Kier alpha value is -8.47. The fourth-order valence-corrected chi connectivity index (χ4v) is 10.3. The summed E-state index contributed by atoms with van der Waals surface area (Å²) in [4.78, 5) is 15.9. The van der Waals surface area contributed by atoms with E-state index in [0.29, 0.717) is 17.5 Å². The minimum absolute atomic E-state index is 0.618. The number of ether oxygens (including phenoxy) is 1. The van der Waals surface area contributed by atoms with Gasteiger partial charge in [-0.1, -0.05) is 194 Å². The zero-order valence-electron chi connectivity index (χ0n) is 34.6. The van der Waals surface area contributed by atoms with Crippen molar-refractivity contribution in [2.45, 2.75) is 5.41 Å². The van der Waals surface area contributed by atoms with Gasteiger partial charge in [0.15, 0.2) is 17.5 Å². The van der Waals surface area contributed by atoms with E-state index in [1.54, 1.807) is 0 Å².